The summed E-state index contributed by atoms with van der Waals surface area (Å²) in [6.45, 7) is 1.75. The Labute approximate surface area is 207 Å². The van der Waals surface area contributed by atoms with Crippen LogP contribution in [0.5, 0.6) is 0 Å². The number of aromatic nitrogens is 1. The highest BCUT2D eigenvalue weighted by atomic mass is 19.4. The van der Waals surface area contributed by atoms with Crippen LogP contribution in [0, 0.1) is 0 Å². The molecule has 5 rings (SSSR count). The van der Waals surface area contributed by atoms with Crippen molar-refractivity contribution in [2.75, 3.05) is 23.3 Å². The topological polar surface area (TPSA) is 45.2 Å². The number of rotatable bonds is 6. The average molecular weight is 488 g/mol. The summed E-state index contributed by atoms with van der Waals surface area (Å²) in [5.74, 6) is -0.576. The van der Waals surface area contributed by atoms with Crippen LogP contribution in [0.2, 0.25) is 0 Å². The summed E-state index contributed by atoms with van der Waals surface area (Å²) in [5.41, 5.74) is 4.26. The van der Waals surface area contributed by atoms with Gasteiger partial charge in [0.1, 0.15) is 0 Å². The lowest BCUT2D eigenvalue weighted by Crippen LogP contribution is -2.23. The Balaban J connectivity index is 1.36. The molecule has 0 fully saturated rings. The molecule has 0 bridgehead atoms. The summed E-state index contributed by atoms with van der Waals surface area (Å²) in [5, 5.41) is 2.82. The van der Waals surface area contributed by atoms with Crippen molar-refractivity contribution in [3.05, 3.63) is 114 Å². The average Bonchev–Trinajstić information content (AvgIpc) is 3.30. The van der Waals surface area contributed by atoms with Crippen molar-refractivity contribution >= 4 is 17.3 Å². The minimum Gasteiger partial charge on any atom is -0.371 e. The molecule has 0 spiro atoms. The molecule has 1 amide bonds. The van der Waals surface area contributed by atoms with Crippen LogP contribution >= 0.6 is 0 Å². The number of pyridine rings is 1. The maximum absolute atomic E-state index is 13.4. The van der Waals surface area contributed by atoms with Gasteiger partial charge in [0, 0.05) is 42.4 Å². The molecule has 1 aliphatic heterocycles. The number of hydrogen-bond donors (Lipinski definition) is 1. The molecule has 1 N–H and O–H groups in total. The number of hydrogen-bond acceptors (Lipinski definition) is 3. The Morgan fingerprint density at radius 3 is 2.47 bits per heavy atom. The predicted molar refractivity (Wildman–Crippen MR) is 135 cm³/mol. The van der Waals surface area contributed by atoms with Gasteiger partial charge in [0.15, 0.2) is 0 Å². The molecule has 0 aliphatic carbocycles. The van der Waals surface area contributed by atoms with E-state index < -0.39 is 17.6 Å². The van der Waals surface area contributed by atoms with Crippen molar-refractivity contribution in [3.63, 3.8) is 0 Å². The molecule has 0 unspecified atom stereocenters. The van der Waals surface area contributed by atoms with Gasteiger partial charge in [-0.2, -0.15) is 13.2 Å². The first-order chi connectivity index (χ1) is 17.4. The Morgan fingerprint density at radius 2 is 1.72 bits per heavy atom. The third kappa shape index (κ3) is 5.10. The molecule has 0 saturated heterocycles. The number of nitrogens with zero attached hydrogens (tertiary/aromatic N) is 2. The van der Waals surface area contributed by atoms with E-state index in [4.69, 9.17) is 0 Å². The summed E-state index contributed by atoms with van der Waals surface area (Å²) in [6.07, 6.45) is 0.773. The van der Waals surface area contributed by atoms with Crippen molar-refractivity contribution in [2.24, 2.45) is 0 Å². The SMILES string of the molecule is O=C(Nc1ccc2c(c1)CCN2CCc1ccncc1)c1cc(C(F)(F)F)ccc1-c1ccccc1. The second-order valence-corrected chi connectivity index (χ2v) is 8.76. The van der Waals surface area contributed by atoms with E-state index in [1.165, 1.54) is 11.6 Å². The van der Waals surface area contributed by atoms with E-state index in [0.717, 1.165) is 49.3 Å². The number of benzene rings is 3. The van der Waals surface area contributed by atoms with Crippen molar-refractivity contribution < 1.29 is 18.0 Å². The molecule has 2 heterocycles. The third-order valence-corrected chi connectivity index (χ3v) is 6.43. The zero-order valence-corrected chi connectivity index (χ0v) is 19.4. The fourth-order valence-corrected chi connectivity index (χ4v) is 4.57. The third-order valence-electron chi connectivity index (χ3n) is 6.43. The van der Waals surface area contributed by atoms with Crippen LogP contribution in [0.25, 0.3) is 11.1 Å². The molecule has 1 aliphatic rings. The number of anilines is 2. The molecule has 4 aromatic rings. The van der Waals surface area contributed by atoms with Crippen LogP contribution in [0.3, 0.4) is 0 Å². The Morgan fingerprint density at radius 1 is 0.944 bits per heavy atom. The maximum atomic E-state index is 13.4. The summed E-state index contributed by atoms with van der Waals surface area (Å²) >= 11 is 0. The first-order valence-corrected chi connectivity index (χ1v) is 11.7. The van der Waals surface area contributed by atoms with Crippen LogP contribution in [0.1, 0.15) is 27.0 Å². The van der Waals surface area contributed by atoms with E-state index >= 15 is 0 Å². The van der Waals surface area contributed by atoms with Gasteiger partial charge in [0.05, 0.1) is 5.56 Å². The van der Waals surface area contributed by atoms with Crippen LogP contribution in [0.15, 0.2) is 91.3 Å². The smallest absolute Gasteiger partial charge is 0.371 e. The number of carbonyl (C=O) groups excluding carboxylic acids is 1. The first-order valence-electron chi connectivity index (χ1n) is 11.7. The number of fused-ring (bicyclic) bond motifs is 1. The van der Waals surface area contributed by atoms with Crippen LogP contribution in [0.4, 0.5) is 24.5 Å². The number of amides is 1. The van der Waals surface area contributed by atoms with Gasteiger partial charge in [-0.15, -0.1) is 0 Å². The standard InChI is InChI=1S/C29H24F3N3O/c30-29(31,32)23-6-8-25(21-4-2-1-3-5-21)26(19-23)28(36)34-24-7-9-27-22(18-24)13-17-35(27)16-12-20-10-14-33-15-11-20/h1-11,14-15,18-19H,12-13,16-17H2,(H,34,36). The minimum atomic E-state index is -4.54. The summed E-state index contributed by atoms with van der Waals surface area (Å²) in [6, 6.07) is 21.9. The fraction of sp³-hybridized carbons (Fsp3) is 0.172. The molecule has 4 nitrogen and oxygen atoms in total. The number of alkyl halides is 3. The minimum absolute atomic E-state index is 0.0181. The van der Waals surface area contributed by atoms with E-state index in [0.29, 0.717) is 16.8 Å². The maximum Gasteiger partial charge on any atom is 0.416 e. The molecule has 3 aromatic carbocycles. The molecular formula is C29H24F3N3O. The Bertz CT molecular complexity index is 1370. The zero-order valence-electron chi connectivity index (χ0n) is 19.4. The van der Waals surface area contributed by atoms with Gasteiger partial charge < -0.3 is 10.2 Å². The molecule has 7 heteroatoms. The van der Waals surface area contributed by atoms with Gasteiger partial charge in [-0.05, 0) is 77.6 Å². The second-order valence-electron chi connectivity index (χ2n) is 8.76. The lowest BCUT2D eigenvalue weighted by atomic mass is 9.96. The van der Waals surface area contributed by atoms with E-state index in [-0.39, 0.29) is 5.56 Å². The van der Waals surface area contributed by atoms with E-state index in [2.05, 4.69) is 15.2 Å². The number of halogens is 3. The number of nitrogens with one attached hydrogen (secondary N) is 1. The molecule has 0 radical (unpaired) electrons. The van der Waals surface area contributed by atoms with Gasteiger partial charge in [-0.25, -0.2) is 0 Å². The van der Waals surface area contributed by atoms with Crippen molar-refractivity contribution in [3.8, 4) is 11.1 Å². The lowest BCUT2D eigenvalue weighted by Gasteiger charge is -2.20. The quantitative estimate of drug-likeness (QED) is 0.332. The largest absolute Gasteiger partial charge is 0.416 e. The van der Waals surface area contributed by atoms with Gasteiger partial charge >= 0.3 is 6.18 Å². The van der Waals surface area contributed by atoms with Crippen molar-refractivity contribution in [2.45, 2.75) is 19.0 Å². The highest BCUT2D eigenvalue weighted by molar-refractivity contribution is 6.09. The summed E-state index contributed by atoms with van der Waals surface area (Å²) < 4.78 is 40.2. The van der Waals surface area contributed by atoms with Crippen LogP contribution < -0.4 is 10.2 Å². The van der Waals surface area contributed by atoms with Crippen molar-refractivity contribution in [1.29, 1.82) is 0 Å². The van der Waals surface area contributed by atoms with Gasteiger partial charge in [0.2, 0.25) is 0 Å². The van der Waals surface area contributed by atoms with E-state index in [1.54, 1.807) is 42.7 Å². The predicted octanol–water partition coefficient (Wildman–Crippen LogP) is 6.62. The zero-order chi connectivity index (χ0) is 25.1. The van der Waals surface area contributed by atoms with E-state index in [9.17, 15) is 18.0 Å². The van der Waals surface area contributed by atoms with Gasteiger partial charge in [-0.3, -0.25) is 9.78 Å². The normalized spacial score (nSPS) is 12.9. The summed E-state index contributed by atoms with van der Waals surface area (Å²) in [4.78, 5) is 19.6. The van der Waals surface area contributed by atoms with Gasteiger partial charge in [-0.1, -0.05) is 36.4 Å². The first kappa shape index (κ1) is 23.6. The molecule has 1 aromatic heterocycles. The van der Waals surface area contributed by atoms with Crippen molar-refractivity contribution in [1.82, 2.24) is 4.98 Å². The van der Waals surface area contributed by atoms with Crippen LogP contribution in [-0.2, 0) is 19.0 Å². The van der Waals surface area contributed by atoms with Crippen LogP contribution in [-0.4, -0.2) is 24.0 Å². The molecule has 36 heavy (non-hydrogen) atoms. The molecule has 0 atom stereocenters. The number of carbonyl (C=O) groups is 1. The molecule has 0 saturated carbocycles. The van der Waals surface area contributed by atoms with E-state index in [1.807, 2.05) is 30.3 Å². The van der Waals surface area contributed by atoms with Gasteiger partial charge in [0.25, 0.3) is 5.91 Å². The second kappa shape index (κ2) is 9.85. The molecular weight excluding hydrogens is 463 g/mol. The lowest BCUT2D eigenvalue weighted by molar-refractivity contribution is -0.137. The Kier molecular flexibility index (Phi) is 6.46. The Hall–Kier alpha value is -4.13. The molecule has 182 valence electrons. The fourth-order valence-electron chi connectivity index (χ4n) is 4.57. The highest BCUT2D eigenvalue weighted by Crippen LogP contribution is 2.35. The summed E-state index contributed by atoms with van der Waals surface area (Å²) in [7, 11) is 0. The monoisotopic (exact) mass is 487 g/mol. The highest BCUT2D eigenvalue weighted by Gasteiger charge is 2.32.